The number of phenols is 1. The number of rotatable bonds is 5. The van der Waals surface area contributed by atoms with E-state index in [-0.39, 0.29) is 11.3 Å². The number of carbonyl (C=O) groups excluding carboxylic acids is 1. The van der Waals surface area contributed by atoms with E-state index in [2.05, 4.69) is 0 Å². The monoisotopic (exact) mass is 362 g/mol. The number of aromatic hydroxyl groups is 1. The molecule has 0 heterocycles. The molecule has 0 saturated carbocycles. The molecule has 0 atom stereocenters. The van der Waals surface area contributed by atoms with Crippen molar-refractivity contribution in [2.24, 2.45) is 0 Å². The number of hydrogen-bond acceptors (Lipinski definition) is 3. The van der Waals surface area contributed by atoms with E-state index in [0.29, 0.717) is 6.42 Å². The van der Waals surface area contributed by atoms with E-state index in [0.717, 1.165) is 35.0 Å². The van der Waals surface area contributed by atoms with Crippen molar-refractivity contribution in [3.05, 3.63) is 101 Å². The molecular weight excluding hydrogens is 340 g/mol. The van der Waals surface area contributed by atoms with E-state index in [1.807, 2.05) is 61.5 Å². The fourth-order valence-electron chi connectivity index (χ4n) is 2.67. The van der Waals surface area contributed by atoms with Gasteiger partial charge in [-0.05, 0) is 41.7 Å². The van der Waals surface area contributed by atoms with E-state index in [4.69, 9.17) is 5.11 Å². The molecule has 138 valence electrons. The summed E-state index contributed by atoms with van der Waals surface area (Å²) in [5.74, 6) is -1.31. The normalized spacial score (nSPS) is 9.81. The van der Waals surface area contributed by atoms with E-state index in [1.165, 1.54) is 12.1 Å². The molecule has 4 heteroatoms. The highest BCUT2D eigenvalue weighted by molar-refractivity contribution is 5.90. The Balaban J connectivity index is 0.000000223. The van der Waals surface area contributed by atoms with Crippen LogP contribution in [-0.2, 0) is 12.8 Å². The van der Waals surface area contributed by atoms with Crippen molar-refractivity contribution in [2.75, 3.05) is 0 Å². The first-order valence-electron chi connectivity index (χ1n) is 8.67. The number of carboxylic acid groups (broad SMARTS) is 1. The molecule has 0 radical (unpaired) electrons. The van der Waals surface area contributed by atoms with E-state index in [9.17, 15) is 14.7 Å². The van der Waals surface area contributed by atoms with Gasteiger partial charge >= 0.3 is 5.97 Å². The van der Waals surface area contributed by atoms with Crippen LogP contribution in [0.2, 0.25) is 0 Å². The number of aryl methyl sites for hydroxylation is 1. The van der Waals surface area contributed by atoms with Crippen molar-refractivity contribution in [3.63, 3.8) is 0 Å². The van der Waals surface area contributed by atoms with Gasteiger partial charge in [0.05, 0.1) is 0 Å². The molecule has 0 bridgehead atoms. The highest BCUT2D eigenvalue weighted by Gasteiger charge is 2.10. The molecule has 2 N–H and O–H groups in total. The number of carbonyl (C=O) groups is 2. The third-order valence-corrected chi connectivity index (χ3v) is 4.11. The van der Waals surface area contributed by atoms with Crippen LogP contribution in [-0.4, -0.2) is 22.5 Å². The van der Waals surface area contributed by atoms with Gasteiger partial charge in [-0.25, -0.2) is 4.79 Å². The van der Waals surface area contributed by atoms with Crippen LogP contribution in [0, 0.1) is 0 Å². The topological polar surface area (TPSA) is 74.6 Å². The van der Waals surface area contributed by atoms with E-state index < -0.39 is 5.97 Å². The molecule has 0 aliphatic heterocycles. The summed E-state index contributed by atoms with van der Waals surface area (Å²) in [7, 11) is 0. The number of aromatic carboxylic acids is 1. The third kappa shape index (κ3) is 5.82. The first-order chi connectivity index (χ1) is 13.0. The summed E-state index contributed by atoms with van der Waals surface area (Å²) >= 11 is 0. The molecule has 0 amide bonds. The second kappa shape index (κ2) is 9.92. The maximum Gasteiger partial charge on any atom is 0.339 e. The number of hydrogen-bond donors (Lipinski definition) is 2. The summed E-state index contributed by atoms with van der Waals surface area (Å²) in [6.07, 6.45) is 2.48. The molecular formula is C23H22O4. The molecule has 3 rings (SSSR count). The molecule has 3 aromatic carbocycles. The van der Waals surface area contributed by atoms with Crippen molar-refractivity contribution in [1.82, 2.24) is 0 Å². The van der Waals surface area contributed by atoms with Crippen molar-refractivity contribution in [2.45, 2.75) is 19.8 Å². The Kier molecular flexibility index (Phi) is 7.32. The van der Waals surface area contributed by atoms with Gasteiger partial charge in [-0.2, -0.15) is 0 Å². The molecule has 0 spiro atoms. The second-order valence-electron chi connectivity index (χ2n) is 5.99. The van der Waals surface area contributed by atoms with Crippen LogP contribution in [0.25, 0.3) is 0 Å². The van der Waals surface area contributed by atoms with Crippen molar-refractivity contribution < 1.29 is 19.8 Å². The summed E-state index contributed by atoms with van der Waals surface area (Å²) in [5.41, 5.74) is 3.85. The summed E-state index contributed by atoms with van der Waals surface area (Å²) in [6.45, 7) is 2.04. The van der Waals surface area contributed by atoms with Crippen LogP contribution in [0.3, 0.4) is 0 Å². The molecule has 0 unspecified atom stereocenters. The highest BCUT2D eigenvalue weighted by Crippen LogP contribution is 2.20. The minimum Gasteiger partial charge on any atom is -0.507 e. The van der Waals surface area contributed by atoms with Gasteiger partial charge in [-0.15, -0.1) is 0 Å². The Bertz CT molecular complexity index is 901. The van der Waals surface area contributed by atoms with Crippen molar-refractivity contribution in [3.8, 4) is 5.75 Å². The van der Waals surface area contributed by atoms with Crippen molar-refractivity contribution in [1.29, 1.82) is 0 Å². The van der Waals surface area contributed by atoms with Gasteiger partial charge in [-0.1, -0.05) is 67.6 Å². The Morgan fingerprint density at radius 2 is 1.59 bits per heavy atom. The average molecular weight is 362 g/mol. The minimum absolute atomic E-state index is 0.0570. The molecule has 0 saturated heterocycles. The lowest BCUT2D eigenvalue weighted by atomic mass is 10.0. The van der Waals surface area contributed by atoms with Crippen LogP contribution < -0.4 is 0 Å². The Hall–Kier alpha value is -3.40. The largest absolute Gasteiger partial charge is 0.507 e. The van der Waals surface area contributed by atoms with Crippen LogP contribution in [0.5, 0.6) is 5.75 Å². The fourth-order valence-corrected chi connectivity index (χ4v) is 2.67. The first kappa shape index (κ1) is 19.9. The molecule has 0 fully saturated rings. The Morgan fingerprint density at radius 1 is 0.926 bits per heavy atom. The zero-order valence-electron chi connectivity index (χ0n) is 15.1. The van der Waals surface area contributed by atoms with E-state index >= 15 is 0 Å². The molecule has 4 nitrogen and oxygen atoms in total. The predicted octanol–water partition coefficient (Wildman–Crippen LogP) is 4.74. The minimum atomic E-state index is -1.11. The summed E-state index contributed by atoms with van der Waals surface area (Å²) in [6, 6.07) is 22.1. The van der Waals surface area contributed by atoms with Gasteiger partial charge in [0, 0.05) is 5.56 Å². The molecule has 0 aliphatic carbocycles. The predicted molar refractivity (Wildman–Crippen MR) is 106 cm³/mol. The molecule has 0 aromatic heterocycles. The molecule has 0 aliphatic rings. The summed E-state index contributed by atoms with van der Waals surface area (Å²) in [4.78, 5) is 21.3. The Morgan fingerprint density at radius 3 is 2.19 bits per heavy atom. The highest BCUT2D eigenvalue weighted by atomic mass is 16.4. The van der Waals surface area contributed by atoms with E-state index in [1.54, 1.807) is 6.07 Å². The zero-order valence-corrected chi connectivity index (χ0v) is 15.1. The van der Waals surface area contributed by atoms with Crippen LogP contribution >= 0.6 is 0 Å². The lowest BCUT2D eigenvalue weighted by Gasteiger charge is -2.05. The second-order valence-corrected chi connectivity index (χ2v) is 5.99. The fraction of sp³-hybridized carbons (Fsp3) is 0.130. The maximum atomic E-state index is 10.9. The lowest BCUT2D eigenvalue weighted by molar-refractivity contribution is 0.0693. The number of benzene rings is 3. The summed E-state index contributed by atoms with van der Waals surface area (Å²) in [5, 5.41) is 18.3. The number of aldehydes is 1. The summed E-state index contributed by atoms with van der Waals surface area (Å²) < 4.78 is 0. The van der Waals surface area contributed by atoms with Crippen LogP contribution in [0.15, 0.2) is 72.8 Å². The lowest BCUT2D eigenvalue weighted by Crippen LogP contribution is -1.98. The van der Waals surface area contributed by atoms with Gasteiger partial charge < -0.3 is 10.2 Å². The maximum absolute atomic E-state index is 10.9. The van der Waals surface area contributed by atoms with Gasteiger partial charge in [-0.3, -0.25) is 4.79 Å². The Labute approximate surface area is 158 Å². The quantitative estimate of drug-likeness (QED) is 0.643. The third-order valence-electron chi connectivity index (χ3n) is 4.11. The van der Waals surface area contributed by atoms with Crippen LogP contribution in [0.1, 0.15) is 44.3 Å². The van der Waals surface area contributed by atoms with Gasteiger partial charge in [0.15, 0.2) is 0 Å². The van der Waals surface area contributed by atoms with Crippen LogP contribution in [0.4, 0.5) is 0 Å². The standard InChI is InChI=1S/C14H12O3.C9H10O/c15-13-7-6-11(9-12(13)14(16)17)8-10-4-2-1-3-5-10;1-2-8-5-3-4-6-9(8)7-10/h1-7,9,15H,8H2,(H,16,17);3-7H,2H2,1H3. The van der Waals surface area contributed by atoms with Gasteiger partial charge in [0.25, 0.3) is 0 Å². The average Bonchev–Trinajstić information content (AvgIpc) is 2.70. The van der Waals surface area contributed by atoms with Gasteiger partial charge in [0.2, 0.25) is 0 Å². The SMILES string of the molecule is CCc1ccccc1C=O.O=C(O)c1cc(Cc2ccccc2)ccc1O. The first-order valence-corrected chi connectivity index (χ1v) is 8.67. The molecule has 27 heavy (non-hydrogen) atoms. The van der Waals surface area contributed by atoms with Crippen molar-refractivity contribution >= 4 is 12.3 Å². The smallest absolute Gasteiger partial charge is 0.339 e. The zero-order chi connectivity index (χ0) is 19.6. The molecule has 3 aromatic rings. The van der Waals surface area contributed by atoms with Gasteiger partial charge in [0.1, 0.15) is 17.6 Å². The number of carboxylic acids is 1.